The maximum Gasteiger partial charge on any atom is 0.339 e. The number of esters is 2. The fraction of sp³-hybridized carbons (Fsp3) is 0.381. The number of hydrogen-bond acceptors (Lipinski definition) is 7. The van der Waals surface area contributed by atoms with Gasteiger partial charge in [0, 0.05) is 5.69 Å². The summed E-state index contributed by atoms with van der Waals surface area (Å²) < 4.78 is 21.0. The molecule has 0 amide bonds. The molecule has 1 aromatic heterocycles. The van der Waals surface area contributed by atoms with Gasteiger partial charge >= 0.3 is 11.9 Å². The number of H-pyrrole nitrogens is 1. The second-order valence-corrected chi connectivity index (χ2v) is 7.30. The molecule has 9 heteroatoms. The van der Waals surface area contributed by atoms with Crippen molar-refractivity contribution in [3.63, 3.8) is 0 Å². The highest BCUT2D eigenvalue weighted by atomic mass is 35.5. The second-order valence-electron chi connectivity index (χ2n) is 6.89. The van der Waals surface area contributed by atoms with Crippen LogP contribution in [0.3, 0.4) is 0 Å². The summed E-state index contributed by atoms with van der Waals surface area (Å²) in [6, 6.07) is 3.26. The maximum atomic E-state index is 12.8. The summed E-state index contributed by atoms with van der Waals surface area (Å²) in [6.07, 6.45) is -1.14. The van der Waals surface area contributed by atoms with E-state index in [0.717, 1.165) is 0 Å². The van der Waals surface area contributed by atoms with Gasteiger partial charge in [0.25, 0.3) is 0 Å². The summed E-state index contributed by atoms with van der Waals surface area (Å²) in [5.74, 6) is -0.673. The molecule has 1 N–H and O–H groups in total. The van der Waals surface area contributed by atoms with Crippen molar-refractivity contribution >= 4 is 29.3 Å². The molecule has 0 saturated heterocycles. The Bertz CT molecular complexity index is 1010. The van der Waals surface area contributed by atoms with Crippen molar-refractivity contribution in [2.24, 2.45) is 0 Å². The van der Waals surface area contributed by atoms with Crippen molar-refractivity contribution in [1.82, 2.24) is 4.98 Å². The molecule has 1 aromatic carbocycles. The molecule has 2 heterocycles. The Morgan fingerprint density at radius 1 is 1.20 bits per heavy atom. The van der Waals surface area contributed by atoms with E-state index in [9.17, 15) is 14.4 Å². The Balaban J connectivity index is 1.70. The predicted octanol–water partition coefficient (Wildman–Crippen LogP) is 3.20. The SMILES string of the molecule is COC(=O)c1c(C)[nH]c(C(=O)[C@@H](C)OC(=O)Cc2cc(Cl)c3c(c2)OCCO3)c1C. The van der Waals surface area contributed by atoms with Crippen LogP contribution in [-0.2, 0) is 20.7 Å². The average Bonchev–Trinajstić information content (AvgIpc) is 3.00. The summed E-state index contributed by atoms with van der Waals surface area (Å²) in [5, 5.41) is 0.340. The lowest BCUT2D eigenvalue weighted by Gasteiger charge is -2.20. The zero-order chi connectivity index (χ0) is 22.0. The molecule has 160 valence electrons. The highest BCUT2D eigenvalue weighted by molar-refractivity contribution is 6.32. The molecule has 1 aliphatic heterocycles. The number of hydrogen-bond donors (Lipinski definition) is 1. The van der Waals surface area contributed by atoms with Crippen LogP contribution >= 0.6 is 11.6 Å². The van der Waals surface area contributed by atoms with Gasteiger partial charge in [0.15, 0.2) is 17.6 Å². The Kier molecular flexibility index (Phi) is 6.36. The van der Waals surface area contributed by atoms with E-state index in [4.69, 9.17) is 30.5 Å². The van der Waals surface area contributed by atoms with Crippen molar-refractivity contribution in [3.05, 3.63) is 45.2 Å². The molecule has 0 aliphatic carbocycles. The molecule has 0 spiro atoms. The van der Waals surface area contributed by atoms with Crippen LogP contribution in [0.4, 0.5) is 0 Å². The molecule has 1 atom stereocenters. The summed E-state index contributed by atoms with van der Waals surface area (Å²) in [4.78, 5) is 39.9. The molecular formula is C21H22ClNO7. The normalized spacial score (nSPS) is 13.5. The highest BCUT2D eigenvalue weighted by Gasteiger charge is 2.27. The molecule has 30 heavy (non-hydrogen) atoms. The minimum absolute atomic E-state index is 0.0931. The Morgan fingerprint density at radius 3 is 2.60 bits per heavy atom. The van der Waals surface area contributed by atoms with Gasteiger partial charge in [0.1, 0.15) is 13.2 Å². The number of halogens is 1. The van der Waals surface area contributed by atoms with E-state index in [0.29, 0.717) is 52.1 Å². The third-order valence-electron chi connectivity index (χ3n) is 4.76. The molecular weight excluding hydrogens is 414 g/mol. The molecule has 0 bridgehead atoms. The Morgan fingerprint density at radius 2 is 1.90 bits per heavy atom. The third kappa shape index (κ3) is 4.28. The molecule has 1 aliphatic rings. The summed E-state index contributed by atoms with van der Waals surface area (Å²) in [5.41, 5.74) is 2.03. The van der Waals surface area contributed by atoms with Crippen LogP contribution in [-0.4, -0.2) is 49.1 Å². The van der Waals surface area contributed by atoms with Crippen LogP contribution in [0.2, 0.25) is 5.02 Å². The van der Waals surface area contributed by atoms with Crippen molar-refractivity contribution < 1.29 is 33.3 Å². The number of Topliss-reactive ketones (excluding diaryl/α,β-unsaturated/α-hetero) is 1. The van der Waals surface area contributed by atoms with Gasteiger partial charge in [-0.3, -0.25) is 9.59 Å². The quantitative estimate of drug-likeness (QED) is 0.548. The van der Waals surface area contributed by atoms with Gasteiger partial charge < -0.3 is 23.9 Å². The lowest BCUT2D eigenvalue weighted by molar-refractivity contribution is -0.145. The molecule has 2 aromatic rings. The average molecular weight is 436 g/mol. The van der Waals surface area contributed by atoms with Gasteiger partial charge in [-0.1, -0.05) is 11.6 Å². The number of aromatic amines is 1. The Labute approximate surface area is 178 Å². The number of ketones is 1. The Hall–Kier alpha value is -3.00. The summed E-state index contributed by atoms with van der Waals surface area (Å²) in [7, 11) is 1.27. The van der Waals surface area contributed by atoms with Gasteiger partial charge in [-0.15, -0.1) is 0 Å². The molecule has 0 fully saturated rings. The van der Waals surface area contributed by atoms with Crippen molar-refractivity contribution in [2.75, 3.05) is 20.3 Å². The van der Waals surface area contributed by atoms with E-state index in [1.807, 2.05) is 0 Å². The first kappa shape index (κ1) is 21.7. The fourth-order valence-electron chi connectivity index (χ4n) is 3.33. The van der Waals surface area contributed by atoms with Gasteiger partial charge in [0.05, 0.1) is 29.8 Å². The first-order valence-electron chi connectivity index (χ1n) is 9.32. The van der Waals surface area contributed by atoms with Crippen LogP contribution < -0.4 is 9.47 Å². The minimum atomic E-state index is -1.05. The summed E-state index contributed by atoms with van der Waals surface area (Å²) in [6.45, 7) is 5.58. The van der Waals surface area contributed by atoms with E-state index in [2.05, 4.69) is 4.98 Å². The maximum absolute atomic E-state index is 12.8. The van der Waals surface area contributed by atoms with Gasteiger partial charge in [-0.25, -0.2) is 4.79 Å². The lowest BCUT2D eigenvalue weighted by Crippen LogP contribution is -2.26. The highest BCUT2D eigenvalue weighted by Crippen LogP contribution is 2.38. The number of aryl methyl sites for hydroxylation is 1. The molecule has 0 saturated carbocycles. The molecule has 0 unspecified atom stereocenters. The lowest BCUT2D eigenvalue weighted by atomic mass is 10.1. The standard InChI is InChI=1S/C21H22ClNO7/c1-10-17(21(26)27-4)11(2)23-18(10)19(25)12(3)30-16(24)9-13-7-14(22)20-15(8-13)28-5-6-29-20/h7-8,12,23H,5-6,9H2,1-4H3/t12-/m1/s1. The van der Waals surface area contributed by atoms with Crippen molar-refractivity contribution in [3.8, 4) is 11.5 Å². The second kappa shape index (κ2) is 8.79. The van der Waals surface area contributed by atoms with E-state index in [1.165, 1.54) is 14.0 Å². The van der Waals surface area contributed by atoms with Crippen LogP contribution in [0.5, 0.6) is 11.5 Å². The van der Waals surface area contributed by atoms with Gasteiger partial charge in [-0.05, 0) is 44.0 Å². The summed E-state index contributed by atoms with van der Waals surface area (Å²) >= 11 is 6.19. The topological polar surface area (TPSA) is 104 Å². The fourth-order valence-corrected chi connectivity index (χ4v) is 3.62. The zero-order valence-corrected chi connectivity index (χ0v) is 17.8. The molecule has 8 nitrogen and oxygen atoms in total. The number of ether oxygens (including phenoxy) is 4. The number of carbonyl (C=O) groups is 3. The van der Waals surface area contributed by atoms with E-state index < -0.39 is 23.8 Å². The van der Waals surface area contributed by atoms with Gasteiger partial charge in [-0.2, -0.15) is 0 Å². The largest absolute Gasteiger partial charge is 0.486 e. The predicted molar refractivity (Wildman–Crippen MR) is 108 cm³/mol. The van der Waals surface area contributed by atoms with Crippen LogP contribution in [0, 0.1) is 13.8 Å². The number of carbonyl (C=O) groups excluding carboxylic acids is 3. The van der Waals surface area contributed by atoms with Crippen LogP contribution in [0.15, 0.2) is 12.1 Å². The van der Waals surface area contributed by atoms with Crippen molar-refractivity contribution in [1.29, 1.82) is 0 Å². The molecule has 0 radical (unpaired) electrons. The first-order chi connectivity index (χ1) is 14.2. The van der Waals surface area contributed by atoms with Crippen molar-refractivity contribution in [2.45, 2.75) is 33.3 Å². The number of methoxy groups -OCH3 is 1. The number of fused-ring (bicyclic) bond motifs is 1. The monoisotopic (exact) mass is 435 g/mol. The van der Waals surface area contributed by atoms with Gasteiger partial charge in [0.2, 0.25) is 5.78 Å². The number of nitrogens with one attached hydrogen (secondary N) is 1. The number of aromatic nitrogens is 1. The van der Waals surface area contributed by atoms with E-state index in [1.54, 1.807) is 26.0 Å². The number of benzene rings is 1. The van der Waals surface area contributed by atoms with Crippen LogP contribution in [0.25, 0.3) is 0 Å². The van der Waals surface area contributed by atoms with Crippen LogP contribution in [0.1, 0.15) is 44.6 Å². The molecule has 3 rings (SSSR count). The number of rotatable bonds is 6. The first-order valence-corrected chi connectivity index (χ1v) is 9.69. The van der Waals surface area contributed by atoms with E-state index >= 15 is 0 Å². The third-order valence-corrected chi connectivity index (χ3v) is 5.04. The zero-order valence-electron chi connectivity index (χ0n) is 17.1. The smallest absolute Gasteiger partial charge is 0.339 e. The van der Waals surface area contributed by atoms with E-state index in [-0.39, 0.29) is 12.1 Å². The minimum Gasteiger partial charge on any atom is -0.486 e.